The standard InChI is InChI=1S/C22H23N3O.C19H20O2.C17H16O2.C12H12O3.C7H5BrO.C6H8N2.C6H7N.C5H8O2.3CH4.Li.H2O.H2S/c23-20-11-4-5-12-21(20)25-22(26)14-13-17-7-6-8-18(15-17)16-24-19-9-2-1-3-10-19;1-2-21-19(20)14-13-18-10-6-9-17(15-18)12-11-16-7-4-3-5-8-16;18-17(19)12-11-16-8-4-7-15(13-16)10-9-14-5-2-1-3-6-14;1-2-15-12(14)7-6-10-4-3-5-11(8-10)9-13;8-7-3-1-2-6(4-7)5-9;7-5-3-1-2-4-6(5)8;7-6-4-2-1-3-5-6;1-3-5(6)7-4-2;;;;;;/h1-12,15,24H,13-14,16,23H2,(H,25,26);3-10,13-15H,2,11-12H2,1H3;1-8,11-13H,9-10H2,(H,18,19);3-9H,2H2,1H3;1-5H;1-4H,7-8H2;1-5H,7H2;3H,1,4H2,2H3;3*1H4;;2*1H2/q;;;;;;;;;;;+1;;/p-1/b;14-13+;12-11+;7-6+;;;;;;;;;;/i/hT. The Bertz CT molecular complexity index is 4700. The molecular formula is C97H114BrLiN6O12S. The van der Waals surface area contributed by atoms with Gasteiger partial charge in [0, 0.05) is 64.2 Å². The van der Waals surface area contributed by atoms with Crippen molar-refractivity contribution in [3.63, 3.8) is 0 Å². The summed E-state index contributed by atoms with van der Waals surface area (Å²) in [5.41, 5.74) is 38.0. The van der Waals surface area contributed by atoms with E-state index in [0.717, 1.165) is 95.1 Å². The van der Waals surface area contributed by atoms with Gasteiger partial charge in [0.2, 0.25) is 5.91 Å². The number of ether oxygens (including phenoxy) is 3. The van der Waals surface area contributed by atoms with Crippen molar-refractivity contribution in [2.45, 2.75) is 88.1 Å². The maximum atomic E-state index is 12.2. The Labute approximate surface area is 726 Å². The zero-order chi connectivity index (χ0) is 83.2. The molecule has 0 aliphatic carbocycles. The second-order valence-corrected chi connectivity index (χ2v) is 24.9. The molecule has 0 unspecified atom stereocenters. The first-order valence-corrected chi connectivity index (χ1v) is 36.9. The first-order chi connectivity index (χ1) is 55.3. The van der Waals surface area contributed by atoms with Gasteiger partial charge in [-0.2, -0.15) is 13.4 Å². The Hall–Kier alpha value is -12.5. The average molecular weight is 1680 g/mol. The van der Waals surface area contributed by atoms with Crippen molar-refractivity contribution in [2.75, 3.05) is 53.4 Å². The molecule has 0 heterocycles. The number of carboxylic acid groups (broad SMARTS) is 1. The quantitative estimate of drug-likeness (QED) is 0.00698. The van der Waals surface area contributed by atoms with Gasteiger partial charge in [-0.1, -0.05) is 269 Å². The molecule has 118 heavy (non-hydrogen) atoms. The monoisotopic (exact) mass is 1670 g/mol. The van der Waals surface area contributed by atoms with Crippen molar-refractivity contribution in [3.05, 3.63) is 388 Å². The number of halogens is 1. The van der Waals surface area contributed by atoms with E-state index in [-0.39, 0.29) is 70.4 Å². The van der Waals surface area contributed by atoms with Gasteiger partial charge in [-0.25, -0.2) is 19.2 Å². The molecule has 11 aromatic rings. The molecule has 618 valence electrons. The number of esters is 3. The number of aliphatic carboxylic acids is 1. The minimum atomic E-state index is -0.922. The Morgan fingerprint density at radius 3 is 1.19 bits per heavy atom. The molecule has 0 saturated carbocycles. The number of carboxylic acids is 1. The number of nitrogens with one attached hydrogen (secondary N) is 2. The summed E-state index contributed by atoms with van der Waals surface area (Å²) >= 11 is 6.02. The number of hydrogen-bond donors (Lipinski definition) is 7. The number of amides is 1. The first kappa shape index (κ1) is 108. The fourth-order valence-corrected chi connectivity index (χ4v) is 10.1. The number of aryl methyl sites for hydroxylation is 5. The summed E-state index contributed by atoms with van der Waals surface area (Å²) in [6.07, 6.45) is 16.8. The number of carbonyl (C=O) groups is 7. The summed E-state index contributed by atoms with van der Waals surface area (Å²) < 4.78 is 20.4. The predicted molar refractivity (Wildman–Crippen MR) is 493 cm³/mol. The van der Waals surface area contributed by atoms with Crippen molar-refractivity contribution in [1.29, 1.82) is 1.12 Å². The van der Waals surface area contributed by atoms with Crippen LogP contribution in [0.1, 0.15) is 120 Å². The van der Waals surface area contributed by atoms with Crippen molar-refractivity contribution < 1.29 is 77.2 Å². The number of hydrogen-bond acceptors (Lipinski definition) is 16. The number of rotatable bonds is 25. The van der Waals surface area contributed by atoms with E-state index < -0.39 is 5.97 Å². The van der Waals surface area contributed by atoms with E-state index in [4.69, 9.17) is 38.6 Å². The van der Waals surface area contributed by atoms with E-state index >= 15 is 0 Å². The molecule has 21 heteroatoms. The molecule has 1 amide bonds. The van der Waals surface area contributed by atoms with Gasteiger partial charge in [0.25, 0.3) is 0 Å². The minimum Gasteiger partial charge on any atom is -0.870 e. The van der Waals surface area contributed by atoms with E-state index in [2.05, 4.69) is 124 Å². The number of nitrogens with two attached hydrogens (primary N) is 4. The van der Waals surface area contributed by atoms with Crippen LogP contribution in [-0.4, -0.2) is 73.9 Å². The fraction of sp³-hybridized carbons (Fsp3) is 0.165. The van der Waals surface area contributed by atoms with Crippen LogP contribution in [0.4, 0.5) is 34.1 Å². The molecule has 0 aliphatic rings. The van der Waals surface area contributed by atoms with Crippen LogP contribution in [0.15, 0.2) is 327 Å². The zero-order valence-corrected chi connectivity index (χ0v) is 67.8. The molecule has 0 fully saturated rings. The second-order valence-electron chi connectivity index (χ2n) is 23.9. The molecule has 0 radical (unpaired) electrons. The SMILES string of the molecule is C.C.C.C=CC(=O)OCC.CCOC(=O)/C=C/c1cccc(C=O)c1.CCOC(=O)/C=C/c1cccc(CCc2ccccc2)c1.Nc1ccccc1.Nc1ccccc1N.Nc1ccccc1NC(=O)CCc1cccc(CNc2ccccc2)c1.O=C(O)/C=C/c1cccc(CCc2ccccc2)c1.O=Cc1cccc(Br)c1.[3H]S.[Li+].[OH-]. The Kier molecular flexibility index (Phi) is 61.7. The number of benzene rings is 11. The molecule has 18 nitrogen and oxygen atoms in total. The van der Waals surface area contributed by atoms with E-state index in [0.29, 0.717) is 66.5 Å². The van der Waals surface area contributed by atoms with Gasteiger partial charge in [-0.3, -0.25) is 14.4 Å². The summed E-state index contributed by atoms with van der Waals surface area (Å²) in [6.45, 7) is 10.4. The first-order valence-electron chi connectivity index (χ1n) is 36.6. The van der Waals surface area contributed by atoms with Gasteiger partial charge in [-0.05, 0) is 188 Å². The topological polar surface area (TPSA) is 326 Å². The minimum absolute atomic E-state index is 0. The number of anilines is 6. The van der Waals surface area contributed by atoms with Gasteiger partial charge in [0.05, 0.1) is 43.7 Å². The van der Waals surface area contributed by atoms with Crippen LogP contribution < -0.4 is 52.4 Å². The van der Waals surface area contributed by atoms with Crippen molar-refractivity contribution >= 4 is 124 Å². The Balaban J connectivity index is -0.00000133. The van der Waals surface area contributed by atoms with Gasteiger partial charge in [-0.15, -0.1) is 0 Å². The summed E-state index contributed by atoms with van der Waals surface area (Å²) in [7, 11) is 0. The van der Waals surface area contributed by atoms with Crippen molar-refractivity contribution in [3.8, 4) is 0 Å². The fourth-order valence-electron chi connectivity index (χ4n) is 9.67. The Morgan fingerprint density at radius 1 is 0.424 bits per heavy atom. The van der Waals surface area contributed by atoms with Gasteiger partial charge >= 0.3 is 42.7 Å². The van der Waals surface area contributed by atoms with Gasteiger partial charge in [0.1, 0.15) is 12.6 Å². The summed E-state index contributed by atoms with van der Waals surface area (Å²) in [5, 5.41) is 14.9. The third-order valence-corrected chi connectivity index (χ3v) is 15.7. The van der Waals surface area contributed by atoms with E-state index in [1.807, 2.05) is 170 Å². The maximum Gasteiger partial charge on any atom is 1.00 e. The average Bonchev–Trinajstić information content (AvgIpc) is 0.858. The molecule has 0 aromatic heterocycles. The molecule has 12 N–H and O–H groups in total. The number of aldehydes is 2. The molecule has 0 saturated heterocycles. The maximum absolute atomic E-state index is 12.2. The number of para-hydroxylation sites is 6. The van der Waals surface area contributed by atoms with Crippen LogP contribution in [0, 0.1) is 0 Å². The predicted octanol–water partition coefficient (Wildman–Crippen LogP) is 18.1. The van der Waals surface area contributed by atoms with E-state index in [1.54, 1.807) is 87.5 Å². The van der Waals surface area contributed by atoms with Crippen molar-refractivity contribution in [1.82, 2.24) is 0 Å². The number of carbonyl (C=O) groups excluding carboxylic acids is 6. The van der Waals surface area contributed by atoms with Crippen LogP contribution in [0.25, 0.3) is 18.2 Å². The molecular weight excluding hydrogens is 1560 g/mol. The molecule has 0 spiro atoms. The smallest absolute Gasteiger partial charge is 0.870 e. The summed E-state index contributed by atoms with van der Waals surface area (Å²) in [6, 6.07) is 93.6. The molecule has 0 atom stereocenters. The summed E-state index contributed by atoms with van der Waals surface area (Å²) in [4.78, 5) is 75.6. The molecule has 11 rings (SSSR count). The molecule has 11 aromatic carbocycles. The van der Waals surface area contributed by atoms with Crippen LogP contribution in [0.3, 0.4) is 0 Å². The molecule has 0 aliphatic heterocycles. The van der Waals surface area contributed by atoms with Crippen LogP contribution >= 0.6 is 29.3 Å². The van der Waals surface area contributed by atoms with Gasteiger partial charge in [0.15, 0.2) is 0 Å². The largest absolute Gasteiger partial charge is 1.00 e. The van der Waals surface area contributed by atoms with E-state index in [1.165, 1.54) is 40.0 Å². The van der Waals surface area contributed by atoms with Crippen LogP contribution in [-0.2, 0) is 76.8 Å². The van der Waals surface area contributed by atoms with Crippen LogP contribution in [0.2, 0.25) is 0 Å². The molecule has 0 bridgehead atoms. The zero-order valence-electron chi connectivity index (χ0n) is 66.3. The van der Waals surface area contributed by atoms with Crippen molar-refractivity contribution in [2.24, 2.45) is 0 Å². The Morgan fingerprint density at radius 2 is 0.780 bits per heavy atom. The number of nitrogen functional groups attached to an aromatic ring is 4. The summed E-state index contributed by atoms with van der Waals surface area (Å²) in [5.74, 6) is -1.99. The second kappa shape index (κ2) is 67.8. The van der Waals surface area contributed by atoms with Gasteiger partial charge < -0.3 is 58.4 Å². The van der Waals surface area contributed by atoms with Crippen LogP contribution in [0.5, 0.6) is 0 Å². The van der Waals surface area contributed by atoms with E-state index in [9.17, 15) is 33.6 Å². The normalized spacial score (nSPS) is 9.52. The third kappa shape index (κ3) is 51.3. The third-order valence-electron chi connectivity index (χ3n) is 15.2.